The third-order valence-corrected chi connectivity index (χ3v) is 4.12. The van der Waals surface area contributed by atoms with Crippen molar-refractivity contribution in [3.8, 4) is 6.07 Å². The second-order valence-electron chi connectivity index (χ2n) is 5.78. The maximum atomic E-state index is 13.7. The van der Waals surface area contributed by atoms with E-state index >= 15 is 0 Å². The maximum absolute atomic E-state index is 13.7. The van der Waals surface area contributed by atoms with Crippen LogP contribution in [0.2, 0.25) is 0 Å². The average molecular weight is 343 g/mol. The highest BCUT2D eigenvalue weighted by Gasteiger charge is 2.45. The average Bonchev–Trinajstić information content (AvgIpc) is 2.53. The Bertz CT molecular complexity index is 639. The van der Waals surface area contributed by atoms with Crippen LogP contribution in [0.25, 0.3) is 0 Å². The first-order valence-electron chi connectivity index (χ1n) is 7.61. The standard InChI is InChI=1S/C16H17F4N3O/c17-13-7-10(8-21)5-6-11(13)9-22-15(24)23-14-4-2-1-3-12(14)16(18,19)20/h5-7,12,14H,1-4,9H2,(H2,22,23,24)/t12-,14-/m0/s1. The van der Waals surface area contributed by atoms with E-state index in [0.717, 1.165) is 6.07 Å². The highest BCUT2D eigenvalue weighted by atomic mass is 19.4. The van der Waals surface area contributed by atoms with E-state index in [-0.39, 0.29) is 30.5 Å². The minimum Gasteiger partial charge on any atom is -0.335 e. The van der Waals surface area contributed by atoms with E-state index in [2.05, 4.69) is 10.6 Å². The molecule has 0 spiro atoms. The van der Waals surface area contributed by atoms with E-state index in [4.69, 9.17) is 5.26 Å². The summed E-state index contributed by atoms with van der Waals surface area (Å²) in [5.74, 6) is -2.20. The molecule has 2 rings (SSSR count). The molecule has 0 bridgehead atoms. The quantitative estimate of drug-likeness (QED) is 0.824. The Kier molecular flexibility index (Phi) is 5.65. The number of halogens is 4. The molecule has 0 aromatic heterocycles. The molecule has 2 amide bonds. The monoisotopic (exact) mass is 343 g/mol. The number of nitriles is 1. The van der Waals surface area contributed by atoms with Gasteiger partial charge in [-0.1, -0.05) is 18.9 Å². The topological polar surface area (TPSA) is 64.9 Å². The van der Waals surface area contributed by atoms with Gasteiger partial charge in [0.1, 0.15) is 5.82 Å². The van der Waals surface area contributed by atoms with Crippen LogP contribution in [0.15, 0.2) is 18.2 Å². The van der Waals surface area contributed by atoms with Crippen LogP contribution in [0.1, 0.15) is 36.8 Å². The van der Waals surface area contributed by atoms with Crippen LogP contribution in [0.5, 0.6) is 0 Å². The summed E-state index contributed by atoms with van der Waals surface area (Å²) >= 11 is 0. The largest absolute Gasteiger partial charge is 0.393 e. The predicted octanol–water partition coefficient (Wildman–Crippen LogP) is 3.62. The molecule has 130 valence electrons. The van der Waals surface area contributed by atoms with Gasteiger partial charge in [-0.3, -0.25) is 0 Å². The lowest BCUT2D eigenvalue weighted by molar-refractivity contribution is -0.187. The summed E-state index contributed by atoms with van der Waals surface area (Å²) in [5.41, 5.74) is 0.302. The van der Waals surface area contributed by atoms with Gasteiger partial charge in [-0.05, 0) is 25.0 Å². The highest BCUT2D eigenvalue weighted by Crippen LogP contribution is 2.37. The summed E-state index contributed by atoms with van der Waals surface area (Å²) in [4.78, 5) is 11.8. The van der Waals surface area contributed by atoms with E-state index in [1.165, 1.54) is 12.1 Å². The Morgan fingerprint density at radius 2 is 2.00 bits per heavy atom. The van der Waals surface area contributed by atoms with Gasteiger partial charge in [0.25, 0.3) is 0 Å². The normalized spacial score (nSPS) is 21.0. The van der Waals surface area contributed by atoms with Gasteiger partial charge in [0.2, 0.25) is 0 Å². The molecule has 4 nitrogen and oxygen atoms in total. The Hall–Kier alpha value is -2.30. The zero-order chi connectivity index (χ0) is 17.7. The number of carbonyl (C=O) groups is 1. The number of alkyl halides is 3. The van der Waals surface area contributed by atoms with Crippen LogP contribution >= 0.6 is 0 Å². The second kappa shape index (κ2) is 7.51. The van der Waals surface area contributed by atoms with Crippen molar-refractivity contribution in [3.05, 3.63) is 35.1 Å². The molecular weight excluding hydrogens is 326 g/mol. The number of carbonyl (C=O) groups excluding carboxylic acids is 1. The van der Waals surface area contributed by atoms with Gasteiger partial charge in [0, 0.05) is 18.2 Å². The molecule has 1 fully saturated rings. The molecule has 1 aliphatic carbocycles. The van der Waals surface area contributed by atoms with Gasteiger partial charge in [-0.2, -0.15) is 18.4 Å². The van der Waals surface area contributed by atoms with E-state index in [1.54, 1.807) is 6.07 Å². The Morgan fingerprint density at radius 3 is 2.62 bits per heavy atom. The van der Waals surface area contributed by atoms with Crippen LogP contribution < -0.4 is 10.6 Å². The van der Waals surface area contributed by atoms with Crippen molar-refractivity contribution < 1.29 is 22.4 Å². The summed E-state index contributed by atoms with van der Waals surface area (Å²) in [6.07, 6.45) is -2.97. The van der Waals surface area contributed by atoms with Crippen molar-refractivity contribution >= 4 is 6.03 Å². The number of nitrogens with one attached hydrogen (secondary N) is 2. The molecular formula is C16H17F4N3O. The van der Waals surface area contributed by atoms with Gasteiger partial charge < -0.3 is 10.6 Å². The second-order valence-corrected chi connectivity index (χ2v) is 5.78. The van der Waals surface area contributed by atoms with Crippen LogP contribution in [0.3, 0.4) is 0 Å². The molecule has 0 unspecified atom stereocenters. The Morgan fingerprint density at radius 1 is 1.29 bits per heavy atom. The molecule has 1 aliphatic rings. The third-order valence-electron chi connectivity index (χ3n) is 4.12. The summed E-state index contributed by atoms with van der Waals surface area (Å²) in [5, 5.41) is 13.4. The predicted molar refractivity (Wildman–Crippen MR) is 78.3 cm³/mol. The van der Waals surface area contributed by atoms with Crippen molar-refractivity contribution in [2.75, 3.05) is 0 Å². The fourth-order valence-corrected chi connectivity index (χ4v) is 2.85. The summed E-state index contributed by atoms with van der Waals surface area (Å²) in [6, 6.07) is 3.85. The molecule has 0 heterocycles. The molecule has 1 aromatic carbocycles. The van der Waals surface area contributed by atoms with E-state index < -0.39 is 30.0 Å². The number of rotatable bonds is 3. The number of hydrogen-bond donors (Lipinski definition) is 2. The molecule has 1 aromatic rings. The van der Waals surface area contributed by atoms with E-state index in [9.17, 15) is 22.4 Å². The van der Waals surface area contributed by atoms with Crippen LogP contribution in [0.4, 0.5) is 22.4 Å². The van der Waals surface area contributed by atoms with Gasteiger partial charge in [-0.25, -0.2) is 9.18 Å². The number of hydrogen-bond acceptors (Lipinski definition) is 2. The van der Waals surface area contributed by atoms with Crippen molar-refractivity contribution in [2.45, 2.75) is 44.4 Å². The molecule has 8 heteroatoms. The SMILES string of the molecule is N#Cc1ccc(CNC(=O)N[C@H]2CCCC[C@@H]2C(F)(F)F)c(F)c1. The zero-order valence-corrected chi connectivity index (χ0v) is 12.8. The lowest BCUT2D eigenvalue weighted by atomic mass is 9.84. The fraction of sp³-hybridized carbons (Fsp3) is 0.500. The van der Waals surface area contributed by atoms with Crippen molar-refractivity contribution in [1.29, 1.82) is 5.26 Å². The van der Waals surface area contributed by atoms with Crippen molar-refractivity contribution in [2.24, 2.45) is 5.92 Å². The Labute approximate surface area is 136 Å². The molecule has 0 saturated heterocycles. The minimum atomic E-state index is -4.35. The molecule has 24 heavy (non-hydrogen) atoms. The lowest BCUT2D eigenvalue weighted by Crippen LogP contribution is -2.50. The molecule has 1 saturated carbocycles. The first-order chi connectivity index (χ1) is 11.3. The number of urea groups is 1. The number of amides is 2. The van der Waals surface area contributed by atoms with Gasteiger partial charge in [0.15, 0.2) is 0 Å². The number of benzene rings is 1. The van der Waals surface area contributed by atoms with Crippen LogP contribution in [-0.4, -0.2) is 18.2 Å². The lowest BCUT2D eigenvalue weighted by Gasteiger charge is -2.33. The minimum absolute atomic E-state index is 0.00129. The first-order valence-corrected chi connectivity index (χ1v) is 7.61. The smallest absolute Gasteiger partial charge is 0.335 e. The summed E-state index contributed by atoms with van der Waals surface area (Å²) in [6.45, 7) is -0.174. The first kappa shape index (κ1) is 18.0. The molecule has 2 N–H and O–H groups in total. The maximum Gasteiger partial charge on any atom is 0.393 e. The van der Waals surface area contributed by atoms with Gasteiger partial charge in [-0.15, -0.1) is 0 Å². The van der Waals surface area contributed by atoms with Crippen molar-refractivity contribution in [3.63, 3.8) is 0 Å². The Balaban J connectivity index is 1.92. The zero-order valence-electron chi connectivity index (χ0n) is 12.8. The summed E-state index contributed by atoms with van der Waals surface area (Å²) in [7, 11) is 0. The van der Waals surface area contributed by atoms with E-state index in [0.29, 0.717) is 12.8 Å². The fourth-order valence-electron chi connectivity index (χ4n) is 2.85. The van der Waals surface area contributed by atoms with Crippen LogP contribution in [0, 0.1) is 23.1 Å². The van der Waals surface area contributed by atoms with Gasteiger partial charge >= 0.3 is 12.2 Å². The van der Waals surface area contributed by atoms with Gasteiger partial charge in [0.05, 0.1) is 17.6 Å². The van der Waals surface area contributed by atoms with Crippen LogP contribution in [-0.2, 0) is 6.54 Å². The van der Waals surface area contributed by atoms with E-state index in [1.807, 2.05) is 0 Å². The molecule has 0 radical (unpaired) electrons. The van der Waals surface area contributed by atoms with Crippen molar-refractivity contribution in [1.82, 2.24) is 10.6 Å². The molecule has 0 aliphatic heterocycles. The molecule has 2 atom stereocenters. The summed E-state index contributed by atoms with van der Waals surface area (Å²) < 4.78 is 52.6. The third kappa shape index (κ3) is 4.60. The highest BCUT2D eigenvalue weighted by molar-refractivity contribution is 5.74. The number of nitrogens with zero attached hydrogens (tertiary/aromatic N) is 1.